The van der Waals surface area contributed by atoms with Gasteiger partial charge < -0.3 is 9.84 Å². The van der Waals surface area contributed by atoms with Crippen molar-refractivity contribution in [2.45, 2.75) is 13.5 Å². The second kappa shape index (κ2) is 7.71. The first kappa shape index (κ1) is 18.8. The summed E-state index contributed by atoms with van der Waals surface area (Å²) >= 11 is 2.90. The van der Waals surface area contributed by atoms with E-state index in [0.29, 0.717) is 19.8 Å². The number of nitrogens with zero attached hydrogens (tertiary/aromatic N) is 1. The summed E-state index contributed by atoms with van der Waals surface area (Å²) in [5.41, 5.74) is 2.71. The van der Waals surface area contributed by atoms with Gasteiger partial charge in [-0.15, -0.1) is 0 Å². The first-order chi connectivity index (χ1) is 12.4. The minimum absolute atomic E-state index is 0.0534. The second-order valence-electron chi connectivity index (χ2n) is 5.81. The van der Waals surface area contributed by atoms with E-state index in [1.54, 1.807) is 18.2 Å². The van der Waals surface area contributed by atoms with E-state index in [1.807, 2.05) is 53.8 Å². The van der Waals surface area contributed by atoms with E-state index < -0.39 is 0 Å². The second-order valence-corrected chi connectivity index (χ2v) is 7.96. The Morgan fingerprint density at radius 1 is 1.23 bits per heavy atom. The van der Waals surface area contributed by atoms with Crippen LogP contribution in [0.2, 0.25) is 0 Å². The number of amides is 2. The maximum Gasteiger partial charge on any atom is 0.293 e. The largest absolute Gasteiger partial charge is 0.504 e. The van der Waals surface area contributed by atoms with Gasteiger partial charge in [0.05, 0.1) is 22.1 Å². The standard InChI is InChI=1S/C19H16INO4S/c1-11-3-5-12(6-4-11)10-21-18(23)16(26-19(21)24)9-13-7-14(20)17(22)15(8-13)25-2/h3-9,22H,10H2,1-2H3/b16-9-. The number of carbonyl (C=O) groups is 2. The number of phenols is 1. The van der Waals surface area contributed by atoms with Crippen LogP contribution in [0.5, 0.6) is 11.5 Å². The van der Waals surface area contributed by atoms with Gasteiger partial charge in [0.2, 0.25) is 0 Å². The first-order valence-corrected chi connectivity index (χ1v) is 9.66. The summed E-state index contributed by atoms with van der Waals surface area (Å²) in [7, 11) is 1.46. The minimum Gasteiger partial charge on any atom is -0.504 e. The Hall–Kier alpha value is -2.00. The Kier molecular flexibility index (Phi) is 5.57. The van der Waals surface area contributed by atoms with Gasteiger partial charge in [-0.05, 0) is 70.6 Å². The molecule has 1 fully saturated rings. The van der Waals surface area contributed by atoms with Crippen molar-refractivity contribution in [2.24, 2.45) is 0 Å². The molecule has 5 nitrogen and oxygen atoms in total. The summed E-state index contributed by atoms with van der Waals surface area (Å²) in [6, 6.07) is 11.1. The molecular formula is C19H16INO4S. The van der Waals surface area contributed by atoms with Gasteiger partial charge in [-0.2, -0.15) is 0 Å². The van der Waals surface area contributed by atoms with Crippen LogP contribution in [0.3, 0.4) is 0 Å². The Morgan fingerprint density at radius 2 is 1.92 bits per heavy atom. The van der Waals surface area contributed by atoms with Crippen LogP contribution in [0.25, 0.3) is 6.08 Å². The number of aryl methyl sites for hydroxylation is 1. The third-order valence-corrected chi connectivity index (χ3v) is 5.63. The maximum absolute atomic E-state index is 12.6. The lowest BCUT2D eigenvalue weighted by Gasteiger charge is -2.12. The zero-order valence-electron chi connectivity index (χ0n) is 14.2. The van der Waals surface area contributed by atoms with Crippen molar-refractivity contribution >= 4 is 51.6 Å². The molecule has 0 spiro atoms. The van der Waals surface area contributed by atoms with Crippen molar-refractivity contribution in [1.82, 2.24) is 4.90 Å². The van der Waals surface area contributed by atoms with E-state index >= 15 is 0 Å². The molecule has 26 heavy (non-hydrogen) atoms. The van der Waals surface area contributed by atoms with Crippen molar-refractivity contribution in [3.63, 3.8) is 0 Å². The number of imide groups is 1. The molecule has 7 heteroatoms. The lowest BCUT2D eigenvalue weighted by atomic mass is 10.1. The highest BCUT2D eigenvalue weighted by molar-refractivity contribution is 14.1. The highest BCUT2D eigenvalue weighted by atomic mass is 127. The smallest absolute Gasteiger partial charge is 0.293 e. The van der Waals surface area contributed by atoms with Gasteiger partial charge in [0.15, 0.2) is 11.5 Å². The quantitative estimate of drug-likeness (QED) is 0.513. The van der Waals surface area contributed by atoms with Crippen molar-refractivity contribution in [3.05, 3.63) is 61.6 Å². The number of aromatic hydroxyl groups is 1. The average Bonchev–Trinajstić information content (AvgIpc) is 2.87. The SMILES string of the molecule is COc1cc(/C=C2\SC(=O)N(Cc3ccc(C)cc3)C2=O)cc(I)c1O. The van der Waals surface area contributed by atoms with Gasteiger partial charge in [-0.3, -0.25) is 14.5 Å². The first-order valence-electron chi connectivity index (χ1n) is 7.76. The van der Waals surface area contributed by atoms with Crippen LogP contribution in [-0.4, -0.2) is 28.3 Å². The maximum atomic E-state index is 12.6. The fourth-order valence-electron chi connectivity index (χ4n) is 2.50. The van der Waals surface area contributed by atoms with Crippen LogP contribution in [0.4, 0.5) is 4.79 Å². The summed E-state index contributed by atoms with van der Waals surface area (Å²) in [4.78, 5) is 26.5. The van der Waals surface area contributed by atoms with Gasteiger partial charge >= 0.3 is 0 Å². The molecule has 134 valence electrons. The number of halogens is 1. The molecular weight excluding hydrogens is 465 g/mol. The van der Waals surface area contributed by atoms with Crippen LogP contribution in [0, 0.1) is 10.5 Å². The normalized spacial score (nSPS) is 15.8. The number of phenolic OH excluding ortho intramolecular Hbond substituents is 1. The number of benzene rings is 2. The molecule has 0 bridgehead atoms. The van der Waals surface area contributed by atoms with E-state index in [9.17, 15) is 14.7 Å². The van der Waals surface area contributed by atoms with Gasteiger partial charge in [0.25, 0.3) is 11.1 Å². The number of methoxy groups -OCH3 is 1. The summed E-state index contributed by atoms with van der Waals surface area (Å²) in [6.45, 7) is 2.23. The molecule has 0 aliphatic carbocycles. The number of carbonyl (C=O) groups excluding carboxylic acids is 2. The molecule has 1 heterocycles. The van der Waals surface area contributed by atoms with Crippen molar-refractivity contribution < 1.29 is 19.4 Å². The summed E-state index contributed by atoms with van der Waals surface area (Å²) in [5.74, 6) is 0.0578. The number of hydrogen-bond donors (Lipinski definition) is 1. The number of thioether (sulfide) groups is 1. The summed E-state index contributed by atoms with van der Waals surface area (Å²) in [6.07, 6.45) is 1.64. The Balaban J connectivity index is 1.85. The van der Waals surface area contributed by atoms with Crippen LogP contribution in [0.1, 0.15) is 16.7 Å². The van der Waals surface area contributed by atoms with E-state index in [1.165, 1.54) is 12.0 Å². The molecule has 0 aromatic heterocycles. The molecule has 3 rings (SSSR count). The molecule has 0 radical (unpaired) electrons. The third-order valence-electron chi connectivity index (χ3n) is 3.90. The molecule has 0 atom stereocenters. The summed E-state index contributed by atoms with van der Waals surface area (Å²) < 4.78 is 5.74. The molecule has 1 N–H and O–H groups in total. The van der Waals surface area contributed by atoms with Gasteiger partial charge in [-0.25, -0.2) is 0 Å². The average molecular weight is 481 g/mol. The van der Waals surface area contributed by atoms with Gasteiger partial charge in [0, 0.05) is 0 Å². The van der Waals surface area contributed by atoms with Gasteiger partial charge in [-0.1, -0.05) is 29.8 Å². The van der Waals surface area contributed by atoms with Crippen LogP contribution in [0.15, 0.2) is 41.3 Å². The number of rotatable bonds is 4. The summed E-state index contributed by atoms with van der Waals surface area (Å²) in [5, 5.41) is 9.63. The molecule has 1 saturated heterocycles. The monoisotopic (exact) mass is 481 g/mol. The number of hydrogen-bond acceptors (Lipinski definition) is 5. The molecule has 0 saturated carbocycles. The van der Waals surface area contributed by atoms with E-state index in [-0.39, 0.29) is 23.4 Å². The molecule has 2 amide bonds. The molecule has 2 aromatic rings. The van der Waals surface area contributed by atoms with Crippen molar-refractivity contribution in [2.75, 3.05) is 7.11 Å². The zero-order chi connectivity index (χ0) is 18.8. The lowest BCUT2D eigenvalue weighted by molar-refractivity contribution is -0.123. The van der Waals surface area contributed by atoms with Crippen LogP contribution >= 0.6 is 34.4 Å². The van der Waals surface area contributed by atoms with E-state index in [0.717, 1.165) is 22.9 Å². The zero-order valence-corrected chi connectivity index (χ0v) is 17.1. The topological polar surface area (TPSA) is 66.8 Å². The Bertz CT molecular complexity index is 909. The van der Waals surface area contributed by atoms with Crippen molar-refractivity contribution in [1.29, 1.82) is 0 Å². The molecule has 1 aliphatic rings. The molecule has 0 unspecified atom stereocenters. The number of ether oxygens (including phenoxy) is 1. The fourth-order valence-corrected chi connectivity index (χ4v) is 3.96. The predicted octanol–water partition coefficient (Wildman–Crippen LogP) is 4.55. The predicted molar refractivity (Wildman–Crippen MR) is 110 cm³/mol. The highest BCUT2D eigenvalue weighted by Gasteiger charge is 2.35. The molecule has 1 aliphatic heterocycles. The van der Waals surface area contributed by atoms with Crippen LogP contribution < -0.4 is 4.74 Å². The van der Waals surface area contributed by atoms with Crippen LogP contribution in [-0.2, 0) is 11.3 Å². The Labute approximate surface area is 169 Å². The van der Waals surface area contributed by atoms with E-state index in [4.69, 9.17) is 4.74 Å². The Morgan fingerprint density at radius 3 is 2.58 bits per heavy atom. The molecule has 2 aromatic carbocycles. The van der Waals surface area contributed by atoms with Crippen molar-refractivity contribution in [3.8, 4) is 11.5 Å². The van der Waals surface area contributed by atoms with Gasteiger partial charge in [0.1, 0.15) is 0 Å². The van der Waals surface area contributed by atoms with E-state index in [2.05, 4.69) is 0 Å². The minimum atomic E-state index is -0.317. The fraction of sp³-hybridized carbons (Fsp3) is 0.158. The lowest BCUT2D eigenvalue weighted by Crippen LogP contribution is -2.27. The third kappa shape index (κ3) is 3.88. The highest BCUT2D eigenvalue weighted by Crippen LogP contribution is 2.36.